The van der Waals surface area contributed by atoms with Gasteiger partial charge in [-0.15, -0.1) is 5.73 Å². The molecular formula is C18H34. The molecule has 0 rings (SSSR count). The number of rotatable bonds is 5. The highest BCUT2D eigenvalue weighted by Crippen LogP contribution is 2.13. The molecule has 0 radical (unpaired) electrons. The summed E-state index contributed by atoms with van der Waals surface area (Å²) in [5, 5.41) is 0. The molecule has 0 heteroatoms. The van der Waals surface area contributed by atoms with Gasteiger partial charge >= 0.3 is 0 Å². The van der Waals surface area contributed by atoms with Crippen molar-refractivity contribution in [1.29, 1.82) is 0 Å². The van der Waals surface area contributed by atoms with Crippen LogP contribution in [0.3, 0.4) is 0 Å². The summed E-state index contributed by atoms with van der Waals surface area (Å²) in [7, 11) is 0. The van der Waals surface area contributed by atoms with Crippen LogP contribution in [0.5, 0.6) is 0 Å². The number of allylic oxidation sites excluding steroid dienone is 5. The Balaban J connectivity index is -0.000000317. The maximum Gasteiger partial charge on any atom is -0.0000360 e. The van der Waals surface area contributed by atoms with Gasteiger partial charge in [0.05, 0.1) is 0 Å². The van der Waals surface area contributed by atoms with Crippen LogP contribution in [0, 0.1) is 0 Å². The highest BCUT2D eigenvalue weighted by Gasteiger charge is 1.95. The highest BCUT2D eigenvalue weighted by atomic mass is 14.0. The summed E-state index contributed by atoms with van der Waals surface area (Å²) in [6, 6.07) is 0. The monoisotopic (exact) mass is 250 g/mol. The van der Waals surface area contributed by atoms with Crippen molar-refractivity contribution in [3.63, 3.8) is 0 Å². The van der Waals surface area contributed by atoms with E-state index >= 15 is 0 Å². The van der Waals surface area contributed by atoms with Crippen molar-refractivity contribution in [3.05, 3.63) is 41.7 Å². The molecule has 0 N–H and O–H groups in total. The molecule has 0 saturated heterocycles. The standard InChI is InChI=1S/C12H18.C4H10.C2H6/c1-5-9-10-12(8-4)11(6-2)7-3;1-3-4-2;1-2/h8-10H,2,5,7H2,1,3-4H3;3-4H2,1-2H3;1-2H3/b10-9?,12-8+;;. The molecule has 0 nitrogen and oxygen atoms in total. The molecular weight excluding hydrogens is 216 g/mol. The van der Waals surface area contributed by atoms with Gasteiger partial charge in [-0.25, -0.2) is 0 Å². The Bertz CT molecular complexity index is 245. The van der Waals surface area contributed by atoms with Crippen LogP contribution in [0.25, 0.3) is 0 Å². The molecule has 0 aromatic rings. The van der Waals surface area contributed by atoms with Crippen LogP contribution in [-0.4, -0.2) is 0 Å². The second-order valence-electron chi connectivity index (χ2n) is 3.56. The smallest absolute Gasteiger partial charge is 0.0000360 e. The number of hydrogen-bond acceptors (Lipinski definition) is 0. The molecule has 106 valence electrons. The van der Waals surface area contributed by atoms with Gasteiger partial charge in [-0.3, -0.25) is 0 Å². The first kappa shape index (κ1) is 22.2. The van der Waals surface area contributed by atoms with Gasteiger partial charge in [-0.1, -0.05) is 79.2 Å². The minimum Gasteiger partial charge on any atom is -0.125 e. The largest absolute Gasteiger partial charge is 0.125 e. The molecule has 0 aliphatic rings. The number of hydrogen-bond donors (Lipinski definition) is 0. The van der Waals surface area contributed by atoms with E-state index in [9.17, 15) is 0 Å². The van der Waals surface area contributed by atoms with Crippen LogP contribution in [0.15, 0.2) is 41.7 Å². The van der Waals surface area contributed by atoms with Crippen LogP contribution in [0.1, 0.15) is 74.1 Å². The predicted molar refractivity (Wildman–Crippen MR) is 88.1 cm³/mol. The van der Waals surface area contributed by atoms with E-state index in [1.165, 1.54) is 24.0 Å². The second-order valence-corrected chi connectivity index (χ2v) is 3.56. The fourth-order valence-electron chi connectivity index (χ4n) is 1.05. The zero-order valence-electron chi connectivity index (χ0n) is 13.8. The molecule has 0 bridgehead atoms. The quantitative estimate of drug-likeness (QED) is 0.369. The fraction of sp³-hybridized carbons (Fsp3) is 0.611. The molecule has 0 spiro atoms. The van der Waals surface area contributed by atoms with E-state index in [1.807, 2.05) is 20.8 Å². The predicted octanol–water partition coefficient (Wildman–Crippen LogP) is 6.85. The Morgan fingerprint density at radius 1 is 1.06 bits per heavy atom. The molecule has 0 atom stereocenters. The SMILES string of the molecule is C=C=C(CC)/C(C=CCC)=C/C.CC.CCCC. The van der Waals surface area contributed by atoms with Crippen molar-refractivity contribution < 1.29 is 0 Å². The summed E-state index contributed by atoms with van der Waals surface area (Å²) in [6.07, 6.45) is 11.1. The van der Waals surface area contributed by atoms with Gasteiger partial charge < -0.3 is 0 Å². The summed E-state index contributed by atoms with van der Waals surface area (Å²) in [5.74, 6) is 0. The van der Waals surface area contributed by atoms with Crippen LogP contribution >= 0.6 is 0 Å². The van der Waals surface area contributed by atoms with Crippen LogP contribution in [0.2, 0.25) is 0 Å². The lowest BCUT2D eigenvalue weighted by Gasteiger charge is -2.00. The molecule has 0 saturated carbocycles. The second kappa shape index (κ2) is 21.3. The molecule has 0 fully saturated rings. The molecule has 0 aromatic heterocycles. The van der Waals surface area contributed by atoms with Crippen molar-refractivity contribution in [2.75, 3.05) is 0 Å². The van der Waals surface area contributed by atoms with Gasteiger partial charge in [0.2, 0.25) is 0 Å². The summed E-state index contributed by atoms with van der Waals surface area (Å²) >= 11 is 0. The molecule has 0 heterocycles. The number of unbranched alkanes of at least 4 members (excludes halogenated alkanes) is 1. The maximum atomic E-state index is 3.67. The average molecular weight is 250 g/mol. The first-order valence-electron chi connectivity index (χ1n) is 7.43. The Labute approximate surface area is 116 Å². The van der Waals surface area contributed by atoms with Crippen molar-refractivity contribution in [2.24, 2.45) is 0 Å². The van der Waals surface area contributed by atoms with Gasteiger partial charge in [0.1, 0.15) is 0 Å². The topological polar surface area (TPSA) is 0 Å². The third-order valence-electron chi connectivity index (χ3n) is 2.26. The minimum absolute atomic E-state index is 0.997. The van der Waals surface area contributed by atoms with Crippen LogP contribution in [-0.2, 0) is 0 Å². The lowest BCUT2D eigenvalue weighted by atomic mass is 10.0. The summed E-state index contributed by atoms with van der Waals surface area (Å²) in [4.78, 5) is 0. The van der Waals surface area contributed by atoms with Gasteiger partial charge in [-0.2, -0.15) is 0 Å². The zero-order chi connectivity index (χ0) is 14.8. The van der Waals surface area contributed by atoms with Crippen LogP contribution in [0.4, 0.5) is 0 Å². The first-order chi connectivity index (χ1) is 8.71. The van der Waals surface area contributed by atoms with Crippen molar-refractivity contribution in [1.82, 2.24) is 0 Å². The first-order valence-corrected chi connectivity index (χ1v) is 7.43. The van der Waals surface area contributed by atoms with E-state index in [0.29, 0.717) is 0 Å². The summed E-state index contributed by atoms with van der Waals surface area (Å²) < 4.78 is 0. The van der Waals surface area contributed by atoms with E-state index in [0.717, 1.165) is 12.8 Å². The lowest BCUT2D eigenvalue weighted by molar-refractivity contribution is 0.886. The average Bonchev–Trinajstić information content (AvgIpc) is 2.45. The lowest BCUT2D eigenvalue weighted by Crippen LogP contribution is -1.82. The van der Waals surface area contributed by atoms with Crippen molar-refractivity contribution in [2.45, 2.75) is 74.1 Å². The van der Waals surface area contributed by atoms with E-state index < -0.39 is 0 Å². The van der Waals surface area contributed by atoms with Gasteiger partial charge in [0, 0.05) is 0 Å². The fourth-order valence-corrected chi connectivity index (χ4v) is 1.05. The van der Waals surface area contributed by atoms with E-state index in [-0.39, 0.29) is 0 Å². The van der Waals surface area contributed by atoms with Gasteiger partial charge in [-0.05, 0) is 30.9 Å². The summed E-state index contributed by atoms with van der Waals surface area (Å²) in [5.41, 5.74) is 5.40. The normalized spacial score (nSPS) is 9.83. The van der Waals surface area contributed by atoms with Gasteiger partial charge in [0.25, 0.3) is 0 Å². The Kier molecular flexibility index (Phi) is 26.3. The van der Waals surface area contributed by atoms with E-state index in [2.05, 4.69) is 58.2 Å². The van der Waals surface area contributed by atoms with E-state index in [1.54, 1.807) is 0 Å². The molecule has 0 unspecified atom stereocenters. The Hall–Kier alpha value is -1.00. The third kappa shape index (κ3) is 15.0. The minimum atomic E-state index is 0.997. The maximum absolute atomic E-state index is 3.67. The zero-order valence-corrected chi connectivity index (χ0v) is 13.8. The third-order valence-corrected chi connectivity index (χ3v) is 2.26. The van der Waals surface area contributed by atoms with Gasteiger partial charge in [0.15, 0.2) is 0 Å². The van der Waals surface area contributed by atoms with Crippen molar-refractivity contribution in [3.8, 4) is 0 Å². The Morgan fingerprint density at radius 2 is 1.56 bits per heavy atom. The summed E-state index contributed by atoms with van der Waals surface area (Å²) in [6.45, 7) is 18.3. The van der Waals surface area contributed by atoms with E-state index in [4.69, 9.17) is 0 Å². The molecule has 0 amide bonds. The molecule has 0 aromatic carbocycles. The Morgan fingerprint density at radius 3 is 1.78 bits per heavy atom. The molecule has 0 aliphatic heterocycles. The van der Waals surface area contributed by atoms with Crippen molar-refractivity contribution >= 4 is 0 Å². The highest BCUT2D eigenvalue weighted by molar-refractivity contribution is 5.38. The van der Waals surface area contributed by atoms with Crippen LogP contribution < -0.4 is 0 Å². The molecule has 0 aliphatic carbocycles. The molecule has 18 heavy (non-hydrogen) atoms.